The van der Waals surface area contributed by atoms with E-state index in [0.29, 0.717) is 24.2 Å². The summed E-state index contributed by atoms with van der Waals surface area (Å²) < 4.78 is 0. The number of nitrogens with one attached hydrogen (secondary N) is 1. The van der Waals surface area contributed by atoms with Gasteiger partial charge in [-0.15, -0.1) is 0 Å². The molecule has 2 aromatic rings. The highest BCUT2D eigenvalue weighted by Crippen LogP contribution is 2.16. The van der Waals surface area contributed by atoms with Gasteiger partial charge < -0.3 is 15.1 Å². The van der Waals surface area contributed by atoms with Crippen molar-refractivity contribution in [2.75, 3.05) is 25.5 Å². The standard InChI is InChI=1S/C23H31N3O2/c1-7-26(16-17-8-14-20(15-9-17)25(5)6)22(28)19-12-10-18(11-13-19)21(27)24-23(2,3)4/h8-15H,7,16H2,1-6H3,(H,24,27). The van der Waals surface area contributed by atoms with Gasteiger partial charge in [-0.25, -0.2) is 0 Å². The quantitative estimate of drug-likeness (QED) is 0.824. The number of rotatable bonds is 6. The van der Waals surface area contributed by atoms with Crippen molar-refractivity contribution >= 4 is 17.5 Å². The molecule has 5 nitrogen and oxygen atoms in total. The zero-order valence-electron chi connectivity index (χ0n) is 17.7. The lowest BCUT2D eigenvalue weighted by atomic mass is 10.1. The number of benzene rings is 2. The van der Waals surface area contributed by atoms with Crippen LogP contribution < -0.4 is 10.2 Å². The van der Waals surface area contributed by atoms with Crippen LogP contribution in [0.25, 0.3) is 0 Å². The molecule has 2 amide bonds. The molecule has 0 fully saturated rings. The Morgan fingerprint density at radius 1 is 0.893 bits per heavy atom. The third kappa shape index (κ3) is 5.84. The van der Waals surface area contributed by atoms with Gasteiger partial charge in [0, 0.05) is 49.5 Å². The Morgan fingerprint density at radius 2 is 1.43 bits per heavy atom. The molecule has 0 unspecified atom stereocenters. The molecule has 0 aliphatic rings. The summed E-state index contributed by atoms with van der Waals surface area (Å²) in [6, 6.07) is 15.0. The zero-order chi connectivity index (χ0) is 20.9. The number of hydrogen-bond acceptors (Lipinski definition) is 3. The third-order valence-corrected chi connectivity index (χ3v) is 4.38. The highest BCUT2D eigenvalue weighted by Gasteiger charge is 2.18. The van der Waals surface area contributed by atoms with Crippen molar-refractivity contribution in [3.63, 3.8) is 0 Å². The predicted octanol–water partition coefficient (Wildman–Crippen LogP) is 3.94. The van der Waals surface area contributed by atoms with Crippen LogP contribution in [0.1, 0.15) is 54.0 Å². The van der Waals surface area contributed by atoms with Crippen LogP contribution >= 0.6 is 0 Å². The second kappa shape index (κ2) is 8.91. The van der Waals surface area contributed by atoms with E-state index in [-0.39, 0.29) is 17.4 Å². The molecule has 0 radical (unpaired) electrons. The van der Waals surface area contributed by atoms with Crippen LogP contribution in [0.2, 0.25) is 0 Å². The Kier molecular flexibility index (Phi) is 6.84. The van der Waals surface area contributed by atoms with Gasteiger partial charge in [0.2, 0.25) is 0 Å². The van der Waals surface area contributed by atoms with E-state index in [1.54, 1.807) is 29.2 Å². The van der Waals surface area contributed by atoms with Gasteiger partial charge in [0.05, 0.1) is 0 Å². The molecule has 2 aromatic carbocycles. The SMILES string of the molecule is CCN(Cc1ccc(N(C)C)cc1)C(=O)c1ccc(C(=O)NC(C)(C)C)cc1. The fourth-order valence-corrected chi connectivity index (χ4v) is 2.81. The molecule has 0 aliphatic heterocycles. The molecule has 2 rings (SSSR count). The summed E-state index contributed by atoms with van der Waals surface area (Å²) in [6.45, 7) is 8.94. The number of carbonyl (C=O) groups excluding carboxylic acids is 2. The van der Waals surface area contributed by atoms with Gasteiger partial charge in [-0.1, -0.05) is 12.1 Å². The molecule has 0 bridgehead atoms. The molecule has 0 atom stereocenters. The van der Waals surface area contributed by atoms with Crippen LogP contribution in [0.3, 0.4) is 0 Å². The van der Waals surface area contributed by atoms with Crippen LogP contribution in [-0.4, -0.2) is 42.9 Å². The van der Waals surface area contributed by atoms with Gasteiger partial charge in [0.15, 0.2) is 0 Å². The lowest BCUT2D eigenvalue weighted by Gasteiger charge is -2.22. The highest BCUT2D eigenvalue weighted by molar-refractivity contribution is 5.98. The van der Waals surface area contributed by atoms with Crippen molar-refractivity contribution in [3.05, 3.63) is 65.2 Å². The Balaban J connectivity index is 2.08. The normalized spacial score (nSPS) is 11.1. The van der Waals surface area contributed by atoms with E-state index < -0.39 is 0 Å². The summed E-state index contributed by atoms with van der Waals surface area (Å²) in [5.74, 6) is -0.179. The van der Waals surface area contributed by atoms with Crippen LogP contribution in [0.5, 0.6) is 0 Å². The van der Waals surface area contributed by atoms with E-state index in [1.807, 2.05) is 58.8 Å². The lowest BCUT2D eigenvalue weighted by Crippen LogP contribution is -2.40. The van der Waals surface area contributed by atoms with Gasteiger partial charge in [-0.2, -0.15) is 0 Å². The second-order valence-corrected chi connectivity index (χ2v) is 8.16. The Morgan fingerprint density at radius 3 is 1.89 bits per heavy atom. The summed E-state index contributed by atoms with van der Waals surface area (Å²) in [5, 5.41) is 2.93. The third-order valence-electron chi connectivity index (χ3n) is 4.38. The van der Waals surface area contributed by atoms with Crippen molar-refractivity contribution in [1.82, 2.24) is 10.2 Å². The summed E-state index contributed by atoms with van der Waals surface area (Å²) in [4.78, 5) is 29.0. The average Bonchev–Trinajstić information content (AvgIpc) is 2.64. The summed E-state index contributed by atoms with van der Waals surface area (Å²) in [5.41, 5.74) is 3.05. The molecule has 0 aliphatic carbocycles. The maximum absolute atomic E-state index is 12.9. The summed E-state index contributed by atoms with van der Waals surface area (Å²) >= 11 is 0. The van der Waals surface area contributed by atoms with E-state index in [4.69, 9.17) is 0 Å². The summed E-state index contributed by atoms with van der Waals surface area (Å²) in [7, 11) is 4.00. The van der Waals surface area contributed by atoms with E-state index in [2.05, 4.69) is 17.4 Å². The number of amides is 2. The molecule has 28 heavy (non-hydrogen) atoms. The Bertz CT molecular complexity index is 803. The van der Waals surface area contributed by atoms with Gasteiger partial charge in [-0.3, -0.25) is 9.59 Å². The first-order valence-electron chi connectivity index (χ1n) is 9.59. The van der Waals surface area contributed by atoms with Crippen molar-refractivity contribution in [2.45, 2.75) is 39.8 Å². The topological polar surface area (TPSA) is 52.7 Å². The van der Waals surface area contributed by atoms with E-state index >= 15 is 0 Å². The molecule has 0 aromatic heterocycles. The maximum Gasteiger partial charge on any atom is 0.254 e. The van der Waals surface area contributed by atoms with E-state index in [0.717, 1.165) is 11.3 Å². The van der Waals surface area contributed by atoms with Gasteiger partial charge in [-0.05, 0) is 69.7 Å². The van der Waals surface area contributed by atoms with Gasteiger partial charge in [0.25, 0.3) is 11.8 Å². The van der Waals surface area contributed by atoms with Gasteiger partial charge >= 0.3 is 0 Å². The monoisotopic (exact) mass is 381 g/mol. The van der Waals surface area contributed by atoms with Crippen molar-refractivity contribution in [2.24, 2.45) is 0 Å². The van der Waals surface area contributed by atoms with Crippen LogP contribution in [0.4, 0.5) is 5.69 Å². The fourth-order valence-electron chi connectivity index (χ4n) is 2.81. The second-order valence-electron chi connectivity index (χ2n) is 8.16. The molecule has 0 saturated carbocycles. The largest absolute Gasteiger partial charge is 0.378 e. The molecular formula is C23H31N3O2. The van der Waals surface area contributed by atoms with Crippen LogP contribution in [0.15, 0.2) is 48.5 Å². The smallest absolute Gasteiger partial charge is 0.254 e. The number of carbonyl (C=O) groups is 2. The first kappa shape index (κ1) is 21.5. The average molecular weight is 382 g/mol. The molecular weight excluding hydrogens is 350 g/mol. The van der Waals surface area contributed by atoms with Crippen LogP contribution in [0, 0.1) is 0 Å². The van der Waals surface area contributed by atoms with Gasteiger partial charge in [0.1, 0.15) is 0 Å². The lowest BCUT2D eigenvalue weighted by molar-refractivity contribution is 0.0751. The zero-order valence-corrected chi connectivity index (χ0v) is 17.7. The molecule has 5 heteroatoms. The first-order valence-corrected chi connectivity index (χ1v) is 9.59. The number of nitrogens with zero attached hydrogens (tertiary/aromatic N) is 2. The molecule has 0 spiro atoms. The molecule has 0 heterocycles. The minimum absolute atomic E-state index is 0.0398. The van der Waals surface area contributed by atoms with Crippen molar-refractivity contribution < 1.29 is 9.59 Å². The highest BCUT2D eigenvalue weighted by atomic mass is 16.2. The van der Waals surface area contributed by atoms with E-state index in [9.17, 15) is 9.59 Å². The van der Waals surface area contributed by atoms with Crippen molar-refractivity contribution in [1.29, 1.82) is 0 Å². The maximum atomic E-state index is 12.9. The minimum Gasteiger partial charge on any atom is -0.378 e. The minimum atomic E-state index is -0.299. The first-order chi connectivity index (χ1) is 13.1. The Labute approximate surface area is 168 Å². The number of hydrogen-bond donors (Lipinski definition) is 1. The van der Waals surface area contributed by atoms with Crippen molar-refractivity contribution in [3.8, 4) is 0 Å². The van der Waals surface area contributed by atoms with Crippen LogP contribution in [-0.2, 0) is 6.54 Å². The Hall–Kier alpha value is -2.82. The fraction of sp³-hybridized carbons (Fsp3) is 0.391. The molecule has 1 N–H and O–H groups in total. The summed E-state index contributed by atoms with van der Waals surface area (Å²) in [6.07, 6.45) is 0. The van der Waals surface area contributed by atoms with E-state index in [1.165, 1.54) is 0 Å². The molecule has 0 saturated heterocycles. The number of anilines is 1. The molecule has 150 valence electrons. The predicted molar refractivity (Wildman–Crippen MR) is 115 cm³/mol.